The van der Waals surface area contributed by atoms with Gasteiger partial charge < -0.3 is 9.84 Å². The zero-order valence-corrected chi connectivity index (χ0v) is 11.4. The van der Waals surface area contributed by atoms with Gasteiger partial charge in [0.2, 0.25) is 0 Å². The first-order valence-corrected chi connectivity index (χ1v) is 7.05. The topological polar surface area (TPSA) is 29.5 Å². The van der Waals surface area contributed by atoms with Gasteiger partial charge in [-0.05, 0) is 49.1 Å². The van der Waals surface area contributed by atoms with Gasteiger partial charge >= 0.3 is 0 Å². The summed E-state index contributed by atoms with van der Waals surface area (Å²) in [6.45, 7) is 2.06. The summed E-state index contributed by atoms with van der Waals surface area (Å²) in [4.78, 5) is 0. The monoisotopic (exact) mass is 248 g/mol. The zero-order valence-electron chi connectivity index (χ0n) is 11.4. The SMILES string of the molecule is CCC(OC)C(O)CC1CCCc2ccccc21. The molecule has 0 fully saturated rings. The molecule has 0 saturated carbocycles. The number of rotatable bonds is 5. The predicted octanol–water partition coefficient (Wildman–Crippen LogP) is 3.28. The smallest absolute Gasteiger partial charge is 0.0827 e. The molecule has 2 heteroatoms. The van der Waals surface area contributed by atoms with Crippen LogP contribution in [0, 0.1) is 0 Å². The second-order valence-electron chi connectivity index (χ2n) is 5.27. The van der Waals surface area contributed by atoms with Gasteiger partial charge in [0.15, 0.2) is 0 Å². The molecule has 2 rings (SSSR count). The van der Waals surface area contributed by atoms with E-state index in [0.717, 1.165) is 12.8 Å². The number of hydrogen-bond donors (Lipinski definition) is 1. The van der Waals surface area contributed by atoms with Crippen LogP contribution in [0.4, 0.5) is 0 Å². The van der Waals surface area contributed by atoms with E-state index >= 15 is 0 Å². The molecule has 1 aliphatic carbocycles. The lowest BCUT2D eigenvalue weighted by atomic mass is 9.79. The molecule has 0 aromatic heterocycles. The number of hydrogen-bond acceptors (Lipinski definition) is 2. The molecule has 0 amide bonds. The molecule has 2 nitrogen and oxygen atoms in total. The molecular formula is C16H24O2. The maximum Gasteiger partial charge on any atom is 0.0827 e. The average Bonchev–Trinajstić information content (AvgIpc) is 2.40. The summed E-state index contributed by atoms with van der Waals surface area (Å²) in [7, 11) is 1.69. The normalized spacial score (nSPS) is 22.3. The Morgan fingerprint density at radius 3 is 2.89 bits per heavy atom. The summed E-state index contributed by atoms with van der Waals surface area (Å²) in [5.74, 6) is 0.495. The first-order chi connectivity index (χ1) is 8.76. The summed E-state index contributed by atoms with van der Waals surface area (Å²) in [6.07, 6.45) is 4.92. The fourth-order valence-corrected chi connectivity index (χ4v) is 3.14. The Balaban J connectivity index is 2.07. The van der Waals surface area contributed by atoms with Crippen LogP contribution in [0.15, 0.2) is 24.3 Å². The van der Waals surface area contributed by atoms with Gasteiger partial charge in [-0.3, -0.25) is 0 Å². The van der Waals surface area contributed by atoms with Crippen LogP contribution in [0.1, 0.15) is 49.7 Å². The van der Waals surface area contributed by atoms with E-state index < -0.39 is 0 Å². The summed E-state index contributed by atoms with van der Waals surface area (Å²) in [5, 5.41) is 10.3. The third-order valence-corrected chi connectivity index (χ3v) is 4.15. The van der Waals surface area contributed by atoms with E-state index in [2.05, 4.69) is 31.2 Å². The van der Waals surface area contributed by atoms with Gasteiger partial charge in [0, 0.05) is 7.11 Å². The number of methoxy groups -OCH3 is 1. The molecular weight excluding hydrogens is 224 g/mol. The van der Waals surface area contributed by atoms with E-state index in [1.165, 1.54) is 30.4 Å². The third-order valence-electron chi connectivity index (χ3n) is 4.15. The van der Waals surface area contributed by atoms with Crippen LogP contribution >= 0.6 is 0 Å². The number of fused-ring (bicyclic) bond motifs is 1. The molecule has 1 aliphatic rings. The van der Waals surface area contributed by atoms with Gasteiger partial charge in [-0.2, -0.15) is 0 Å². The largest absolute Gasteiger partial charge is 0.390 e. The molecule has 18 heavy (non-hydrogen) atoms. The van der Waals surface area contributed by atoms with Crippen molar-refractivity contribution in [2.45, 2.75) is 57.2 Å². The second kappa shape index (κ2) is 6.35. The molecule has 100 valence electrons. The molecule has 1 aromatic carbocycles. The number of aliphatic hydroxyl groups is 1. The van der Waals surface area contributed by atoms with E-state index in [0.29, 0.717) is 5.92 Å². The second-order valence-corrected chi connectivity index (χ2v) is 5.27. The van der Waals surface area contributed by atoms with Gasteiger partial charge in [0.25, 0.3) is 0 Å². The van der Waals surface area contributed by atoms with Gasteiger partial charge in [-0.15, -0.1) is 0 Å². The van der Waals surface area contributed by atoms with Crippen LogP contribution in [-0.4, -0.2) is 24.4 Å². The molecule has 1 N–H and O–H groups in total. The van der Waals surface area contributed by atoms with Crippen molar-refractivity contribution in [2.24, 2.45) is 0 Å². The molecule has 3 atom stereocenters. The number of aliphatic hydroxyl groups excluding tert-OH is 1. The molecule has 3 unspecified atom stereocenters. The van der Waals surface area contributed by atoms with Crippen molar-refractivity contribution in [3.63, 3.8) is 0 Å². The lowest BCUT2D eigenvalue weighted by Gasteiger charge is -2.29. The van der Waals surface area contributed by atoms with Crippen LogP contribution in [0.5, 0.6) is 0 Å². The minimum absolute atomic E-state index is 0.0286. The highest BCUT2D eigenvalue weighted by Gasteiger charge is 2.25. The Morgan fingerprint density at radius 1 is 1.39 bits per heavy atom. The van der Waals surface area contributed by atoms with Crippen LogP contribution < -0.4 is 0 Å². The maximum absolute atomic E-state index is 10.3. The molecule has 0 saturated heterocycles. The molecule has 0 spiro atoms. The standard InChI is InChI=1S/C16H24O2/c1-3-16(18-2)15(17)11-13-9-6-8-12-7-4-5-10-14(12)13/h4-5,7,10,13,15-17H,3,6,8-9,11H2,1-2H3. The van der Waals surface area contributed by atoms with E-state index in [1.54, 1.807) is 7.11 Å². The van der Waals surface area contributed by atoms with Crippen molar-refractivity contribution < 1.29 is 9.84 Å². The Bertz CT molecular complexity index is 371. The lowest BCUT2D eigenvalue weighted by molar-refractivity contribution is -0.0210. The van der Waals surface area contributed by atoms with E-state index in [1.807, 2.05) is 0 Å². The van der Waals surface area contributed by atoms with Gasteiger partial charge in [0.05, 0.1) is 12.2 Å². The predicted molar refractivity (Wildman–Crippen MR) is 73.8 cm³/mol. The summed E-state index contributed by atoms with van der Waals surface area (Å²) >= 11 is 0. The Hall–Kier alpha value is -0.860. The van der Waals surface area contributed by atoms with Crippen molar-refractivity contribution >= 4 is 0 Å². The molecule has 0 bridgehead atoms. The lowest BCUT2D eigenvalue weighted by Crippen LogP contribution is -2.29. The average molecular weight is 248 g/mol. The van der Waals surface area contributed by atoms with Gasteiger partial charge in [-0.1, -0.05) is 31.2 Å². The molecule has 0 heterocycles. The van der Waals surface area contributed by atoms with Crippen molar-refractivity contribution in [3.05, 3.63) is 35.4 Å². The molecule has 0 aliphatic heterocycles. The van der Waals surface area contributed by atoms with E-state index in [-0.39, 0.29) is 12.2 Å². The minimum atomic E-state index is -0.351. The summed E-state index contributed by atoms with van der Waals surface area (Å²) < 4.78 is 5.34. The number of ether oxygens (including phenoxy) is 1. The maximum atomic E-state index is 10.3. The van der Waals surface area contributed by atoms with E-state index in [4.69, 9.17) is 4.74 Å². The Kier molecular flexibility index (Phi) is 4.79. The fourth-order valence-electron chi connectivity index (χ4n) is 3.14. The van der Waals surface area contributed by atoms with Crippen LogP contribution in [0.3, 0.4) is 0 Å². The fraction of sp³-hybridized carbons (Fsp3) is 0.625. The summed E-state index contributed by atoms with van der Waals surface area (Å²) in [5.41, 5.74) is 2.90. The highest BCUT2D eigenvalue weighted by molar-refractivity contribution is 5.32. The Morgan fingerprint density at radius 2 is 2.17 bits per heavy atom. The van der Waals surface area contributed by atoms with E-state index in [9.17, 15) is 5.11 Å². The van der Waals surface area contributed by atoms with Crippen molar-refractivity contribution in [1.82, 2.24) is 0 Å². The van der Waals surface area contributed by atoms with Crippen LogP contribution in [0.2, 0.25) is 0 Å². The Labute approximate surface area is 110 Å². The highest BCUT2D eigenvalue weighted by Crippen LogP contribution is 2.35. The summed E-state index contributed by atoms with van der Waals surface area (Å²) in [6, 6.07) is 8.67. The highest BCUT2D eigenvalue weighted by atomic mass is 16.5. The first kappa shape index (κ1) is 13.6. The third kappa shape index (κ3) is 2.93. The van der Waals surface area contributed by atoms with Crippen molar-refractivity contribution in [2.75, 3.05) is 7.11 Å². The van der Waals surface area contributed by atoms with Gasteiger partial charge in [0.1, 0.15) is 0 Å². The molecule has 0 radical (unpaired) electrons. The first-order valence-electron chi connectivity index (χ1n) is 7.05. The zero-order chi connectivity index (χ0) is 13.0. The van der Waals surface area contributed by atoms with Crippen LogP contribution in [-0.2, 0) is 11.2 Å². The molecule has 1 aromatic rings. The van der Waals surface area contributed by atoms with Gasteiger partial charge in [-0.25, -0.2) is 0 Å². The van der Waals surface area contributed by atoms with Crippen LogP contribution in [0.25, 0.3) is 0 Å². The number of benzene rings is 1. The van der Waals surface area contributed by atoms with Crippen molar-refractivity contribution in [3.8, 4) is 0 Å². The van der Waals surface area contributed by atoms with Crippen molar-refractivity contribution in [1.29, 1.82) is 0 Å². The number of aryl methyl sites for hydroxylation is 1. The quantitative estimate of drug-likeness (QED) is 0.866. The minimum Gasteiger partial charge on any atom is -0.390 e.